The number of aromatic nitrogens is 3. The zero-order valence-corrected chi connectivity index (χ0v) is 22.8. The van der Waals surface area contributed by atoms with E-state index in [2.05, 4.69) is 39.3 Å². The molecule has 1 saturated carbocycles. The van der Waals surface area contributed by atoms with E-state index in [0.717, 1.165) is 57.8 Å². The van der Waals surface area contributed by atoms with E-state index < -0.39 is 0 Å². The maximum absolute atomic E-state index is 6.59. The van der Waals surface area contributed by atoms with Gasteiger partial charge in [-0.1, -0.05) is 79.9 Å². The lowest BCUT2D eigenvalue weighted by atomic mass is 9.95. The zero-order valence-electron chi connectivity index (χ0n) is 22.8. The SMILES string of the molecule is COc1ccc(Cn2nc(-c3ccccc3)c3cc(C(N)=Nc4ccccc4)nc(NC4CCCCC4)c32)cc1. The van der Waals surface area contributed by atoms with Crippen molar-refractivity contribution in [2.45, 2.75) is 44.7 Å². The normalized spacial score (nSPS) is 14.4. The number of nitrogens with one attached hydrogen (secondary N) is 1. The van der Waals surface area contributed by atoms with Crippen molar-refractivity contribution < 1.29 is 4.74 Å². The van der Waals surface area contributed by atoms with Gasteiger partial charge in [-0.05, 0) is 48.7 Å². The molecule has 7 nitrogen and oxygen atoms in total. The molecule has 1 aliphatic rings. The van der Waals surface area contributed by atoms with E-state index in [1.165, 1.54) is 19.3 Å². The third-order valence-corrected chi connectivity index (χ3v) is 7.48. The van der Waals surface area contributed by atoms with Gasteiger partial charge in [0.25, 0.3) is 0 Å². The van der Waals surface area contributed by atoms with Crippen molar-refractivity contribution in [2.75, 3.05) is 12.4 Å². The van der Waals surface area contributed by atoms with E-state index in [4.69, 9.17) is 20.6 Å². The second-order valence-corrected chi connectivity index (χ2v) is 10.3. The molecule has 0 spiro atoms. The number of benzene rings is 3. The molecule has 3 N–H and O–H groups in total. The average molecular weight is 531 g/mol. The third kappa shape index (κ3) is 5.54. The number of methoxy groups -OCH3 is 1. The molecule has 202 valence electrons. The number of nitrogens with two attached hydrogens (primary N) is 1. The van der Waals surface area contributed by atoms with Crippen LogP contribution in [0.2, 0.25) is 0 Å². The van der Waals surface area contributed by atoms with Gasteiger partial charge < -0.3 is 15.8 Å². The second kappa shape index (κ2) is 11.6. The maximum Gasteiger partial charge on any atom is 0.153 e. The summed E-state index contributed by atoms with van der Waals surface area (Å²) >= 11 is 0. The molecule has 0 unspecified atom stereocenters. The maximum atomic E-state index is 6.59. The van der Waals surface area contributed by atoms with Crippen molar-refractivity contribution >= 4 is 28.2 Å². The molecule has 0 bridgehead atoms. The minimum atomic E-state index is 0.358. The number of rotatable bonds is 8. The van der Waals surface area contributed by atoms with Gasteiger partial charge in [0.15, 0.2) is 5.82 Å². The van der Waals surface area contributed by atoms with Gasteiger partial charge in [-0.25, -0.2) is 9.98 Å². The summed E-state index contributed by atoms with van der Waals surface area (Å²) in [7, 11) is 1.68. The number of pyridine rings is 1. The topological polar surface area (TPSA) is 90.4 Å². The first-order valence-electron chi connectivity index (χ1n) is 13.9. The Balaban J connectivity index is 1.52. The largest absolute Gasteiger partial charge is 0.497 e. The van der Waals surface area contributed by atoms with E-state index >= 15 is 0 Å². The fraction of sp³-hybridized carbons (Fsp3) is 0.242. The summed E-state index contributed by atoms with van der Waals surface area (Å²) in [6, 6.07) is 30.6. The molecule has 5 aromatic rings. The van der Waals surface area contributed by atoms with Crippen LogP contribution in [-0.4, -0.2) is 33.8 Å². The smallest absolute Gasteiger partial charge is 0.153 e. The highest BCUT2D eigenvalue weighted by Crippen LogP contribution is 2.34. The second-order valence-electron chi connectivity index (χ2n) is 10.3. The Kier molecular flexibility index (Phi) is 7.44. The van der Waals surface area contributed by atoms with Crippen LogP contribution < -0.4 is 15.8 Å². The fourth-order valence-corrected chi connectivity index (χ4v) is 5.40. The molecule has 1 aliphatic carbocycles. The summed E-state index contributed by atoms with van der Waals surface area (Å²) in [5, 5.41) is 9.94. The van der Waals surface area contributed by atoms with Gasteiger partial charge in [-0.15, -0.1) is 0 Å². The van der Waals surface area contributed by atoms with Crippen molar-refractivity contribution in [1.29, 1.82) is 0 Å². The molecule has 6 rings (SSSR count). The number of fused-ring (bicyclic) bond motifs is 1. The van der Waals surface area contributed by atoms with E-state index in [1.807, 2.05) is 66.7 Å². The van der Waals surface area contributed by atoms with Gasteiger partial charge in [0.1, 0.15) is 28.5 Å². The lowest BCUT2D eigenvalue weighted by Crippen LogP contribution is -2.24. The van der Waals surface area contributed by atoms with E-state index in [-0.39, 0.29) is 0 Å². The molecule has 0 aliphatic heterocycles. The number of amidine groups is 1. The number of nitrogens with zero attached hydrogens (tertiary/aromatic N) is 4. The summed E-state index contributed by atoms with van der Waals surface area (Å²) in [5.41, 5.74) is 12.0. The van der Waals surface area contributed by atoms with E-state index in [9.17, 15) is 0 Å². The molecule has 1 fully saturated rings. The van der Waals surface area contributed by atoms with Crippen LogP contribution in [0.1, 0.15) is 43.4 Å². The molecule has 7 heteroatoms. The highest BCUT2D eigenvalue weighted by atomic mass is 16.5. The van der Waals surface area contributed by atoms with Gasteiger partial charge >= 0.3 is 0 Å². The molecule has 0 saturated heterocycles. The summed E-state index contributed by atoms with van der Waals surface area (Å²) in [6.07, 6.45) is 5.97. The monoisotopic (exact) mass is 530 g/mol. The van der Waals surface area contributed by atoms with Gasteiger partial charge in [0.2, 0.25) is 0 Å². The summed E-state index contributed by atoms with van der Waals surface area (Å²) in [6.45, 7) is 0.598. The first kappa shape index (κ1) is 25.6. The Morgan fingerprint density at radius 2 is 1.65 bits per heavy atom. The first-order valence-corrected chi connectivity index (χ1v) is 13.9. The predicted octanol–water partition coefficient (Wildman–Crippen LogP) is 6.94. The van der Waals surface area contributed by atoms with Crippen LogP contribution >= 0.6 is 0 Å². The average Bonchev–Trinajstić information content (AvgIpc) is 3.37. The van der Waals surface area contributed by atoms with Crippen molar-refractivity contribution in [3.05, 3.63) is 102 Å². The lowest BCUT2D eigenvalue weighted by Gasteiger charge is -2.24. The summed E-state index contributed by atoms with van der Waals surface area (Å²) in [5.74, 6) is 2.01. The Hall–Kier alpha value is -4.65. The zero-order chi connectivity index (χ0) is 27.3. The van der Waals surface area contributed by atoms with Crippen molar-refractivity contribution in [2.24, 2.45) is 10.7 Å². The quantitative estimate of drug-likeness (QED) is 0.168. The lowest BCUT2D eigenvalue weighted by molar-refractivity contribution is 0.414. The van der Waals surface area contributed by atoms with E-state index in [0.29, 0.717) is 24.1 Å². The fourth-order valence-electron chi connectivity index (χ4n) is 5.40. The van der Waals surface area contributed by atoms with Crippen LogP contribution in [0, 0.1) is 0 Å². The standard InChI is InChI=1S/C33H34N6O/c1-40-27-19-17-23(18-20-27)22-39-31-28(30(38-39)24-11-5-2-6-12-24)21-29(32(34)35-25-13-7-3-8-14-25)37-33(31)36-26-15-9-4-10-16-26/h2-3,5-8,11-14,17-21,26H,4,9-10,15-16,22H2,1H3,(H2,34,35)(H,36,37). The summed E-state index contributed by atoms with van der Waals surface area (Å²) < 4.78 is 7.43. The van der Waals surface area contributed by atoms with Crippen molar-refractivity contribution in [3.8, 4) is 17.0 Å². The van der Waals surface area contributed by atoms with E-state index in [1.54, 1.807) is 7.11 Å². The highest BCUT2D eigenvalue weighted by molar-refractivity contribution is 6.05. The van der Waals surface area contributed by atoms with Gasteiger partial charge in [0.05, 0.1) is 19.3 Å². The number of aliphatic imine (C=N–C) groups is 1. The molecular weight excluding hydrogens is 496 g/mol. The molecule has 0 amide bonds. The summed E-state index contributed by atoms with van der Waals surface area (Å²) in [4.78, 5) is 9.76. The minimum Gasteiger partial charge on any atom is -0.497 e. The Labute approximate surface area is 234 Å². The first-order chi connectivity index (χ1) is 19.7. The molecule has 3 aromatic carbocycles. The van der Waals surface area contributed by atoms with Crippen LogP contribution in [0.5, 0.6) is 5.75 Å². The number of hydrogen-bond donors (Lipinski definition) is 2. The van der Waals surface area contributed by atoms with Gasteiger partial charge in [0, 0.05) is 17.0 Å². The Bertz CT molecular complexity index is 1600. The van der Waals surface area contributed by atoms with Gasteiger partial charge in [-0.2, -0.15) is 5.10 Å². The number of anilines is 1. The highest BCUT2D eigenvalue weighted by Gasteiger charge is 2.22. The molecule has 2 aromatic heterocycles. The van der Waals surface area contributed by atoms with Crippen molar-refractivity contribution in [1.82, 2.24) is 14.8 Å². The molecule has 0 atom stereocenters. The third-order valence-electron chi connectivity index (χ3n) is 7.48. The Morgan fingerprint density at radius 3 is 2.35 bits per heavy atom. The minimum absolute atomic E-state index is 0.358. The number of hydrogen-bond acceptors (Lipinski definition) is 5. The number of ether oxygens (including phenoxy) is 1. The van der Waals surface area contributed by atoms with Gasteiger partial charge in [-0.3, -0.25) is 4.68 Å². The predicted molar refractivity (Wildman–Crippen MR) is 162 cm³/mol. The molecule has 40 heavy (non-hydrogen) atoms. The molecular formula is C33H34N6O. The molecule has 2 heterocycles. The number of para-hydroxylation sites is 1. The van der Waals surface area contributed by atoms with Crippen LogP contribution in [0.25, 0.3) is 22.2 Å². The van der Waals surface area contributed by atoms with Crippen LogP contribution in [0.15, 0.2) is 96.0 Å². The molecule has 0 radical (unpaired) electrons. The van der Waals surface area contributed by atoms with Crippen molar-refractivity contribution in [3.63, 3.8) is 0 Å². The van der Waals surface area contributed by atoms with Crippen LogP contribution in [0.3, 0.4) is 0 Å². The van der Waals surface area contributed by atoms with Crippen LogP contribution in [-0.2, 0) is 6.54 Å². The van der Waals surface area contributed by atoms with Crippen LogP contribution in [0.4, 0.5) is 11.5 Å². The Morgan fingerprint density at radius 1 is 0.950 bits per heavy atom.